The second-order valence-electron chi connectivity index (χ2n) is 4.64. The molecule has 6 heteroatoms. The van der Waals surface area contributed by atoms with Crippen LogP contribution < -0.4 is 5.56 Å². The third kappa shape index (κ3) is 1.97. The fourth-order valence-electron chi connectivity index (χ4n) is 2.46. The van der Waals surface area contributed by atoms with Crippen LogP contribution in [0.5, 0.6) is 0 Å². The molecule has 2 heterocycles. The van der Waals surface area contributed by atoms with Crippen molar-refractivity contribution in [1.82, 2.24) is 9.29 Å². The van der Waals surface area contributed by atoms with Crippen LogP contribution in [0.15, 0.2) is 40.2 Å². The van der Waals surface area contributed by atoms with Gasteiger partial charge >= 0.3 is 0 Å². The molecule has 5 nitrogen and oxygen atoms in total. The summed E-state index contributed by atoms with van der Waals surface area (Å²) in [5.74, 6) is 0. The summed E-state index contributed by atoms with van der Waals surface area (Å²) in [6.45, 7) is 1.10. The third-order valence-electron chi connectivity index (χ3n) is 3.45. The van der Waals surface area contributed by atoms with Crippen LogP contribution in [0.4, 0.5) is 0 Å². The van der Waals surface area contributed by atoms with Gasteiger partial charge in [0.05, 0.1) is 0 Å². The quantitative estimate of drug-likeness (QED) is 0.900. The predicted octanol–water partition coefficient (Wildman–Crippen LogP) is 1.31. The lowest BCUT2D eigenvalue weighted by Gasteiger charge is -2.16. The Hall–Kier alpha value is -1.66. The van der Waals surface area contributed by atoms with Gasteiger partial charge < -0.3 is 4.98 Å². The second-order valence-corrected chi connectivity index (χ2v) is 6.55. The van der Waals surface area contributed by atoms with Gasteiger partial charge in [0.2, 0.25) is 10.0 Å². The van der Waals surface area contributed by atoms with Crippen molar-refractivity contribution in [3.63, 3.8) is 0 Å². The zero-order valence-electron chi connectivity index (χ0n) is 10.3. The first-order valence-electron chi connectivity index (χ1n) is 6.21. The van der Waals surface area contributed by atoms with Gasteiger partial charge in [-0.3, -0.25) is 4.79 Å². The Morgan fingerprint density at radius 1 is 1.05 bits per heavy atom. The number of rotatable bonds is 2. The maximum absolute atomic E-state index is 12.6. The normalized spacial score (nSPS) is 17.1. The van der Waals surface area contributed by atoms with Gasteiger partial charge in [-0.15, -0.1) is 0 Å². The maximum atomic E-state index is 12.6. The van der Waals surface area contributed by atoms with E-state index in [1.807, 2.05) is 0 Å². The fraction of sp³-hybridized carbons (Fsp3) is 0.308. The molecule has 1 fully saturated rings. The van der Waals surface area contributed by atoms with Crippen LogP contribution in [-0.4, -0.2) is 30.8 Å². The number of benzene rings is 1. The van der Waals surface area contributed by atoms with E-state index in [0.717, 1.165) is 12.8 Å². The highest BCUT2D eigenvalue weighted by atomic mass is 32.2. The number of nitrogens with one attached hydrogen (secondary N) is 1. The minimum Gasteiger partial charge on any atom is -0.327 e. The van der Waals surface area contributed by atoms with Crippen molar-refractivity contribution in [3.05, 3.63) is 40.8 Å². The minimum atomic E-state index is -3.52. The van der Waals surface area contributed by atoms with E-state index in [-0.39, 0.29) is 10.5 Å². The monoisotopic (exact) mass is 278 g/mol. The number of hydrogen-bond acceptors (Lipinski definition) is 3. The maximum Gasteiger partial charge on any atom is 0.255 e. The number of sulfonamides is 1. The molecule has 100 valence electrons. The van der Waals surface area contributed by atoms with E-state index in [2.05, 4.69) is 4.98 Å². The zero-order valence-corrected chi connectivity index (χ0v) is 11.1. The molecule has 0 spiro atoms. The summed E-state index contributed by atoms with van der Waals surface area (Å²) in [4.78, 5) is 14.4. The molecule has 1 aliphatic heterocycles. The second kappa shape index (κ2) is 4.47. The van der Waals surface area contributed by atoms with Crippen molar-refractivity contribution in [1.29, 1.82) is 0 Å². The number of pyridine rings is 1. The first kappa shape index (κ1) is 12.4. The SMILES string of the molecule is O=c1[nH]cc(S(=O)(=O)N2CCCC2)c2ccccc12. The molecular weight excluding hydrogens is 264 g/mol. The van der Waals surface area contributed by atoms with Crippen molar-refractivity contribution >= 4 is 20.8 Å². The van der Waals surface area contributed by atoms with Crippen LogP contribution in [0.2, 0.25) is 0 Å². The number of fused-ring (bicyclic) bond motifs is 1. The van der Waals surface area contributed by atoms with Crippen molar-refractivity contribution in [2.75, 3.05) is 13.1 Å². The largest absolute Gasteiger partial charge is 0.327 e. The number of aromatic nitrogens is 1. The van der Waals surface area contributed by atoms with E-state index < -0.39 is 10.0 Å². The van der Waals surface area contributed by atoms with Crippen molar-refractivity contribution in [3.8, 4) is 0 Å². The van der Waals surface area contributed by atoms with Crippen LogP contribution in [0.25, 0.3) is 10.8 Å². The molecule has 0 bridgehead atoms. The molecule has 0 radical (unpaired) electrons. The smallest absolute Gasteiger partial charge is 0.255 e. The molecule has 2 aromatic rings. The van der Waals surface area contributed by atoms with Gasteiger partial charge in [-0.2, -0.15) is 4.31 Å². The number of hydrogen-bond donors (Lipinski definition) is 1. The first-order valence-corrected chi connectivity index (χ1v) is 7.65. The van der Waals surface area contributed by atoms with Gasteiger partial charge in [-0.05, 0) is 18.9 Å². The molecule has 0 amide bonds. The van der Waals surface area contributed by atoms with E-state index in [4.69, 9.17) is 0 Å². The topological polar surface area (TPSA) is 70.2 Å². The first-order chi connectivity index (χ1) is 9.10. The Kier molecular flexibility index (Phi) is 2.91. The lowest BCUT2D eigenvalue weighted by Crippen LogP contribution is -2.28. The Labute approximate surface area is 110 Å². The highest BCUT2D eigenvalue weighted by Crippen LogP contribution is 2.25. The van der Waals surface area contributed by atoms with Crippen LogP contribution >= 0.6 is 0 Å². The summed E-state index contributed by atoms with van der Waals surface area (Å²) in [5, 5.41) is 0.890. The molecule has 0 saturated carbocycles. The molecule has 1 N–H and O–H groups in total. The van der Waals surface area contributed by atoms with Gasteiger partial charge in [-0.25, -0.2) is 8.42 Å². The van der Waals surface area contributed by atoms with E-state index in [0.29, 0.717) is 23.9 Å². The minimum absolute atomic E-state index is 0.185. The van der Waals surface area contributed by atoms with Gasteiger partial charge in [-0.1, -0.05) is 18.2 Å². The standard InChI is InChI=1S/C13H14N2O3S/c16-13-11-6-2-1-5-10(11)12(9-14-13)19(17,18)15-7-3-4-8-15/h1-2,5-6,9H,3-4,7-8H2,(H,14,16). The molecule has 1 aromatic carbocycles. The molecule has 3 rings (SSSR count). The van der Waals surface area contributed by atoms with E-state index in [1.165, 1.54) is 10.5 Å². The fourth-order valence-corrected chi connectivity index (χ4v) is 4.14. The number of nitrogens with zero attached hydrogens (tertiary/aromatic N) is 1. The third-order valence-corrected chi connectivity index (χ3v) is 5.39. The Morgan fingerprint density at radius 2 is 1.68 bits per heavy atom. The molecule has 1 aromatic heterocycles. The van der Waals surface area contributed by atoms with Crippen LogP contribution in [-0.2, 0) is 10.0 Å². The van der Waals surface area contributed by atoms with Gasteiger partial charge in [0.1, 0.15) is 4.90 Å². The summed E-state index contributed by atoms with van der Waals surface area (Å²) in [6, 6.07) is 6.78. The summed E-state index contributed by atoms with van der Waals surface area (Å²) >= 11 is 0. The summed E-state index contributed by atoms with van der Waals surface area (Å²) in [7, 11) is -3.52. The summed E-state index contributed by atoms with van der Waals surface area (Å²) in [6.07, 6.45) is 3.08. The highest BCUT2D eigenvalue weighted by Gasteiger charge is 2.29. The van der Waals surface area contributed by atoms with Crippen molar-refractivity contribution in [2.24, 2.45) is 0 Å². The Balaban J connectivity index is 2.26. The molecule has 0 atom stereocenters. The van der Waals surface area contributed by atoms with Crippen molar-refractivity contribution in [2.45, 2.75) is 17.7 Å². The van der Waals surface area contributed by atoms with E-state index in [1.54, 1.807) is 24.3 Å². The lowest BCUT2D eigenvalue weighted by molar-refractivity contribution is 0.478. The van der Waals surface area contributed by atoms with Gasteiger partial charge in [0, 0.05) is 30.1 Å². The lowest BCUT2D eigenvalue weighted by atomic mass is 10.2. The van der Waals surface area contributed by atoms with Gasteiger partial charge in [0.15, 0.2) is 0 Å². The van der Waals surface area contributed by atoms with Crippen LogP contribution in [0.3, 0.4) is 0 Å². The number of aromatic amines is 1. The van der Waals surface area contributed by atoms with E-state index >= 15 is 0 Å². The Morgan fingerprint density at radius 3 is 2.37 bits per heavy atom. The molecule has 0 unspecified atom stereocenters. The Bertz CT molecular complexity index is 774. The van der Waals surface area contributed by atoms with E-state index in [9.17, 15) is 13.2 Å². The molecule has 0 aliphatic carbocycles. The summed E-state index contributed by atoms with van der Waals surface area (Å²) < 4.78 is 26.6. The molecular formula is C13H14N2O3S. The average molecular weight is 278 g/mol. The summed E-state index contributed by atoms with van der Waals surface area (Å²) in [5.41, 5.74) is -0.268. The van der Waals surface area contributed by atoms with Crippen LogP contribution in [0.1, 0.15) is 12.8 Å². The molecule has 19 heavy (non-hydrogen) atoms. The average Bonchev–Trinajstić information content (AvgIpc) is 2.94. The molecule has 1 aliphatic rings. The van der Waals surface area contributed by atoms with Crippen LogP contribution in [0, 0.1) is 0 Å². The zero-order chi connectivity index (χ0) is 13.5. The highest BCUT2D eigenvalue weighted by molar-refractivity contribution is 7.89. The van der Waals surface area contributed by atoms with Crippen molar-refractivity contribution < 1.29 is 8.42 Å². The van der Waals surface area contributed by atoms with Gasteiger partial charge in [0.25, 0.3) is 5.56 Å². The predicted molar refractivity (Wildman–Crippen MR) is 72.6 cm³/mol. The molecule has 1 saturated heterocycles. The number of H-pyrrole nitrogens is 1.